The van der Waals surface area contributed by atoms with Crippen molar-refractivity contribution in [2.24, 2.45) is 0 Å². The van der Waals surface area contributed by atoms with Gasteiger partial charge in [0.15, 0.2) is 11.7 Å². The van der Waals surface area contributed by atoms with Crippen molar-refractivity contribution in [3.05, 3.63) is 33.8 Å². The zero-order valence-electron chi connectivity index (χ0n) is 13.7. The standard InChI is InChI=1S/C16H15BrN2O5S/c1-18-14(21)10(15(22)19(2)16(18)25)6-9-4-5-12(11(17)7-9)24-8-13(20)23-3/h4-7H,8H2,1-3H3. The van der Waals surface area contributed by atoms with E-state index < -0.39 is 17.8 Å². The summed E-state index contributed by atoms with van der Waals surface area (Å²) in [5.41, 5.74) is 0.623. The molecular weight excluding hydrogens is 412 g/mol. The number of esters is 1. The van der Waals surface area contributed by atoms with Crippen LogP contribution in [-0.4, -0.2) is 60.5 Å². The Morgan fingerprint density at radius 1 is 1.24 bits per heavy atom. The lowest BCUT2D eigenvalue weighted by atomic mass is 10.1. The van der Waals surface area contributed by atoms with Crippen molar-refractivity contribution in [2.45, 2.75) is 0 Å². The fourth-order valence-electron chi connectivity index (χ4n) is 2.06. The number of rotatable bonds is 4. The number of hydrogen-bond acceptors (Lipinski definition) is 6. The van der Waals surface area contributed by atoms with E-state index in [1.165, 1.54) is 37.1 Å². The van der Waals surface area contributed by atoms with Crippen LogP contribution in [0.5, 0.6) is 5.75 Å². The Hall–Kier alpha value is -2.26. The Kier molecular flexibility index (Phi) is 5.91. The van der Waals surface area contributed by atoms with E-state index in [4.69, 9.17) is 17.0 Å². The van der Waals surface area contributed by atoms with Crippen LogP contribution in [-0.2, 0) is 19.1 Å². The lowest BCUT2D eigenvalue weighted by Crippen LogP contribution is -2.52. The fourth-order valence-corrected chi connectivity index (χ4v) is 2.74. The number of ether oxygens (including phenoxy) is 2. The van der Waals surface area contributed by atoms with Crippen LogP contribution in [0.4, 0.5) is 0 Å². The van der Waals surface area contributed by atoms with Gasteiger partial charge < -0.3 is 9.47 Å². The van der Waals surface area contributed by atoms with Crippen molar-refractivity contribution in [1.82, 2.24) is 9.80 Å². The third-order valence-electron chi connectivity index (χ3n) is 3.48. The van der Waals surface area contributed by atoms with E-state index in [9.17, 15) is 14.4 Å². The number of likely N-dealkylation sites (N-methyl/N-ethyl adjacent to an activating group) is 2. The van der Waals surface area contributed by atoms with Gasteiger partial charge in [-0.2, -0.15) is 0 Å². The Morgan fingerprint density at radius 2 is 1.84 bits per heavy atom. The second kappa shape index (κ2) is 7.75. The van der Waals surface area contributed by atoms with E-state index in [1.807, 2.05) is 0 Å². The molecule has 0 N–H and O–H groups in total. The predicted molar refractivity (Wildman–Crippen MR) is 97.8 cm³/mol. The number of carbonyl (C=O) groups excluding carboxylic acids is 3. The summed E-state index contributed by atoms with van der Waals surface area (Å²) in [6, 6.07) is 4.96. The molecule has 0 spiro atoms. The second-order valence-corrected chi connectivity index (χ2v) is 6.34. The molecule has 1 aromatic rings. The first-order chi connectivity index (χ1) is 11.8. The van der Waals surface area contributed by atoms with Gasteiger partial charge in [0.2, 0.25) is 0 Å². The Bertz CT molecular complexity index is 767. The molecule has 132 valence electrons. The number of halogens is 1. The smallest absolute Gasteiger partial charge is 0.343 e. The van der Waals surface area contributed by atoms with Gasteiger partial charge in [-0.1, -0.05) is 6.07 Å². The van der Waals surface area contributed by atoms with Crippen molar-refractivity contribution in [1.29, 1.82) is 0 Å². The van der Waals surface area contributed by atoms with Gasteiger partial charge in [0.05, 0.1) is 11.6 Å². The molecule has 25 heavy (non-hydrogen) atoms. The van der Waals surface area contributed by atoms with E-state index in [-0.39, 0.29) is 17.3 Å². The van der Waals surface area contributed by atoms with Gasteiger partial charge in [-0.15, -0.1) is 0 Å². The summed E-state index contributed by atoms with van der Waals surface area (Å²) in [5, 5.41) is 0.153. The lowest BCUT2D eigenvalue weighted by molar-refractivity contribution is -0.143. The Balaban J connectivity index is 2.27. The molecule has 7 nitrogen and oxygen atoms in total. The topological polar surface area (TPSA) is 76.2 Å². The molecule has 0 bridgehead atoms. The van der Waals surface area contributed by atoms with E-state index in [0.29, 0.717) is 15.8 Å². The van der Waals surface area contributed by atoms with E-state index in [2.05, 4.69) is 20.7 Å². The molecule has 0 saturated carbocycles. The van der Waals surface area contributed by atoms with Gasteiger partial charge in [-0.3, -0.25) is 19.4 Å². The van der Waals surface area contributed by atoms with Crippen molar-refractivity contribution in [3.63, 3.8) is 0 Å². The van der Waals surface area contributed by atoms with E-state index in [1.54, 1.807) is 18.2 Å². The molecule has 0 atom stereocenters. The highest BCUT2D eigenvalue weighted by molar-refractivity contribution is 9.10. The number of hydrogen-bond donors (Lipinski definition) is 0. The summed E-state index contributed by atoms with van der Waals surface area (Å²) in [6.07, 6.45) is 1.48. The number of methoxy groups -OCH3 is 1. The Morgan fingerprint density at radius 3 is 2.36 bits per heavy atom. The number of amides is 2. The lowest BCUT2D eigenvalue weighted by Gasteiger charge is -2.31. The number of benzene rings is 1. The van der Waals surface area contributed by atoms with Gasteiger partial charge in [0, 0.05) is 14.1 Å². The van der Waals surface area contributed by atoms with Crippen molar-refractivity contribution in [3.8, 4) is 5.75 Å². The largest absolute Gasteiger partial charge is 0.481 e. The average molecular weight is 427 g/mol. The zero-order chi connectivity index (χ0) is 18.7. The molecule has 1 aliphatic rings. The average Bonchev–Trinajstić information content (AvgIpc) is 2.60. The molecule has 1 saturated heterocycles. The van der Waals surface area contributed by atoms with Crippen LogP contribution >= 0.6 is 28.1 Å². The van der Waals surface area contributed by atoms with Crippen LogP contribution in [0.15, 0.2) is 28.2 Å². The van der Waals surface area contributed by atoms with Gasteiger partial charge in [-0.05, 0) is 51.9 Å². The molecule has 1 heterocycles. The van der Waals surface area contributed by atoms with Gasteiger partial charge in [0.1, 0.15) is 11.3 Å². The van der Waals surface area contributed by atoms with Crippen molar-refractivity contribution < 1.29 is 23.9 Å². The molecular formula is C16H15BrN2O5S. The minimum atomic E-state index is -0.501. The van der Waals surface area contributed by atoms with Crippen LogP contribution in [0.25, 0.3) is 6.08 Å². The molecule has 1 fully saturated rings. The fraction of sp³-hybridized carbons (Fsp3) is 0.250. The number of thiocarbonyl (C=S) groups is 1. The van der Waals surface area contributed by atoms with Crippen LogP contribution in [0.3, 0.4) is 0 Å². The quantitative estimate of drug-likeness (QED) is 0.315. The SMILES string of the molecule is COC(=O)COc1ccc(C=C2C(=O)N(C)C(=S)N(C)C2=O)cc1Br. The van der Waals surface area contributed by atoms with Gasteiger partial charge in [-0.25, -0.2) is 4.79 Å². The summed E-state index contributed by atoms with van der Waals surface area (Å²) in [5.74, 6) is -0.992. The first-order valence-corrected chi connectivity index (χ1v) is 8.27. The summed E-state index contributed by atoms with van der Waals surface area (Å²) in [4.78, 5) is 38.2. The number of nitrogens with zero attached hydrogens (tertiary/aromatic N) is 2. The summed E-state index contributed by atoms with van der Waals surface area (Å²) in [7, 11) is 4.30. The van der Waals surface area contributed by atoms with Gasteiger partial charge >= 0.3 is 5.97 Å². The predicted octanol–water partition coefficient (Wildman–Crippen LogP) is 1.60. The molecule has 0 radical (unpaired) electrons. The summed E-state index contributed by atoms with van der Waals surface area (Å²) >= 11 is 8.37. The Labute approximate surface area is 158 Å². The summed E-state index contributed by atoms with van der Waals surface area (Å²) in [6.45, 7) is -0.223. The minimum Gasteiger partial charge on any atom is -0.481 e. The number of carbonyl (C=O) groups is 3. The maximum atomic E-state index is 12.3. The molecule has 0 aromatic heterocycles. The van der Waals surface area contributed by atoms with Crippen molar-refractivity contribution in [2.75, 3.05) is 27.8 Å². The molecule has 9 heteroatoms. The highest BCUT2D eigenvalue weighted by atomic mass is 79.9. The normalized spacial score (nSPS) is 14.7. The maximum Gasteiger partial charge on any atom is 0.343 e. The molecule has 0 aliphatic carbocycles. The highest BCUT2D eigenvalue weighted by Crippen LogP contribution is 2.28. The molecule has 2 rings (SSSR count). The zero-order valence-corrected chi connectivity index (χ0v) is 16.1. The van der Waals surface area contributed by atoms with Crippen molar-refractivity contribution >= 4 is 57.1 Å². The molecule has 1 aliphatic heterocycles. The van der Waals surface area contributed by atoms with E-state index in [0.717, 1.165) is 0 Å². The first kappa shape index (κ1) is 19.1. The van der Waals surface area contributed by atoms with Gasteiger partial charge in [0.25, 0.3) is 11.8 Å². The monoisotopic (exact) mass is 426 g/mol. The van der Waals surface area contributed by atoms with Crippen LogP contribution in [0.2, 0.25) is 0 Å². The minimum absolute atomic E-state index is 0.00808. The second-order valence-electron chi connectivity index (χ2n) is 5.12. The highest BCUT2D eigenvalue weighted by Gasteiger charge is 2.35. The molecule has 0 unspecified atom stereocenters. The molecule has 2 amide bonds. The van der Waals surface area contributed by atoms with Crippen LogP contribution in [0, 0.1) is 0 Å². The third kappa shape index (κ3) is 4.05. The van der Waals surface area contributed by atoms with Crippen LogP contribution in [0.1, 0.15) is 5.56 Å². The van der Waals surface area contributed by atoms with E-state index >= 15 is 0 Å². The summed E-state index contributed by atoms with van der Waals surface area (Å²) < 4.78 is 10.4. The van der Waals surface area contributed by atoms with Crippen LogP contribution < -0.4 is 4.74 Å². The third-order valence-corrected chi connectivity index (χ3v) is 4.65. The maximum absolute atomic E-state index is 12.3. The first-order valence-electron chi connectivity index (χ1n) is 7.07. The molecule has 1 aromatic carbocycles.